The molecular weight excluding hydrogens is 200 g/mol. The molecule has 0 saturated heterocycles. The van der Waals surface area contributed by atoms with Crippen molar-refractivity contribution in [2.75, 3.05) is 0 Å². The first-order valence-corrected chi connectivity index (χ1v) is 5.69. The van der Waals surface area contributed by atoms with Crippen molar-refractivity contribution in [3.63, 3.8) is 0 Å². The Balaban J connectivity index is 1.90. The third kappa shape index (κ3) is 2.12. The molecule has 1 fully saturated rings. The summed E-state index contributed by atoms with van der Waals surface area (Å²) in [4.78, 5) is 0. The molecule has 0 radical (unpaired) electrons. The van der Waals surface area contributed by atoms with Crippen molar-refractivity contribution in [1.82, 2.24) is 0 Å². The molecule has 0 aliphatic heterocycles. The second kappa shape index (κ2) is 4.30. The van der Waals surface area contributed by atoms with E-state index in [1.54, 1.807) is 0 Å². The molecule has 2 heteroatoms. The van der Waals surface area contributed by atoms with Crippen LogP contribution in [-0.4, -0.2) is 11.2 Å². The van der Waals surface area contributed by atoms with Gasteiger partial charge in [0, 0.05) is 0 Å². The van der Waals surface area contributed by atoms with Crippen LogP contribution in [0, 0.1) is 5.41 Å². The highest BCUT2D eigenvalue weighted by atomic mass is 16.5. The molecule has 0 heterocycles. The quantitative estimate of drug-likeness (QED) is 0.770. The summed E-state index contributed by atoms with van der Waals surface area (Å²) in [7, 11) is 0. The summed E-state index contributed by atoms with van der Waals surface area (Å²) in [5.41, 5.74) is 0.958. The van der Waals surface area contributed by atoms with Gasteiger partial charge in [-0.1, -0.05) is 36.9 Å². The van der Waals surface area contributed by atoms with Crippen LogP contribution in [0.4, 0.5) is 0 Å². The minimum Gasteiger partial charge on any atom is -0.493 e. The number of hydrogen-bond acceptors (Lipinski definition) is 2. The molecule has 0 bridgehead atoms. The van der Waals surface area contributed by atoms with Crippen LogP contribution in [0.15, 0.2) is 42.7 Å². The van der Waals surface area contributed by atoms with Crippen molar-refractivity contribution in [2.24, 2.45) is 5.41 Å². The summed E-state index contributed by atoms with van der Waals surface area (Å²) in [5.74, 6) is 0.728. The lowest BCUT2D eigenvalue weighted by Gasteiger charge is -2.21. The monoisotopic (exact) mass is 218 g/mol. The molecule has 2 nitrogen and oxygen atoms in total. The van der Waals surface area contributed by atoms with Crippen LogP contribution in [0.25, 0.3) is 0 Å². The van der Waals surface area contributed by atoms with Crippen molar-refractivity contribution in [2.45, 2.75) is 32.5 Å². The normalized spacial score (nSPS) is 18.9. The Hall–Kier alpha value is -1.28. The lowest BCUT2D eigenvalue weighted by Crippen LogP contribution is -2.21. The van der Waals surface area contributed by atoms with Crippen molar-refractivity contribution in [1.29, 1.82) is 0 Å². The van der Waals surface area contributed by atoms with Crippen LogP contribution in [-0.2, 0) is 11.3 Å². The fourth-order valence-corrected chi connectivity index (χ4v) is 1.95. The van der Waals surface area contributed by atoms with E-state index in [0.717, 1.165) is 24.2 Å². The summed E-state index contributed by atoms with van der Waals surface area (Å²) < 4.78 is 5.66. The molecule has 16 heavy (non-hydrogen) atoms. The molecule has 0 spiro atoms. The van der Waals surface area contributed by atoms with Crippen molar-refractivity contribution >= 4 is 0 Å². The highest BCUT2D eigenvalue weighted by Crippen LogP contribution is 2.54. The molecular formula is C14H18O2. The van der Waals surface area contributed by atoms with E-state index in [2.05, 4.69) is 6.58 Å². The van der Waals surface area contributed by atoms with E-state index >= 15 is 0 Å². The Morgan fingerprint density at radius 1 is 1.44 bits per heavy atom. The Kier molecular flexibility index (Phi) is 3.01. The summed E-state index contributed by atoms with van der Waals surface area (Å²) in [6, 6.07) is 10.0. The Labute approximate surface area is 96.6 Å². The van der Waals surface area contributed by atoms with Gasteiger partial charge < -0.3 is 9.84 Å². The van der Waals surface area contributed by atoms with E-state index in [-0.39, 0.29) is 11.5 Å². The van der Waals surface area contributed by atoms with Gasteiger partial charge in [0.1, 0.15) is 6.61 Å². The molecule has 1 atom stereocenters. The lowest BCUT2D eigenvalue weighted by atomic mass is 9.99. The van der Waals surface area contributed by atoms with Gasteiger partial charge >= 0.3 is 0 Å². The number of aliphatic hydroxyl groups excluding tert-OH is 1. The Morgan fingerprint density at radius 3 is 2.56 bits per heavy atom. The SMILES string of the molecule is C=C(OCc1ccccc1)C1(C(C)O)CC1. The highest BCUT2D eigenvalue weighted by molar-refractivity contribution is 5.18. The molecule has 1 aromatic carbocycles. The van der Waals surface area contributed by atoms with Gasteiger partial charge in [0.2, 0.25) is 0 Å². The zero-order chi connectivity index (χ0) is 11.6. The summed E-state index contributed by atoms with van der Waals surface area (Å²) in [6.45, 7) is 6.29. The van der Waals surface area contributed by atoms with Gasteiger partial charge in [-0.05, 0) is 25.3 Å². The summed E-state index contributed by atoms with van der Waals surface area (Å²) in [6.07, 6.45) is 1.60. The van der Waals surface area contributed by atoms with Crippen molar-refractivity contribution in [3.05, 3.63) is 48.2 Å². The fourth-order valence-electron chi connectivity index (χ4n) is 1.95. The Morgan fingerprint density at radius 2 is 2.06 bits per heavy atom. The van der Waals surface area contributed by atoms with Crippen LogP contribution in [0.5, 0.6) is 0 Å². The largest absolute Gasteiger partial charge is 0.493 e. The van der Waals surface area contributed by atoms with Gasteiger partial charge in [0.25, 0.3) is 0 Å². The van der Waals surface area contributed by atoms with Gasteiger partial charge in [-0.25, -0.2) is 0 Å². The van der Waals surface area contributed by atoms with E-state index in [1.165, 1.54) is 0 Å². The van der Waals surface area contributed by atoms with Gasteiger partial charge in [-0.15, -0.1) is 0 Å². The number of rotatable bonds is 5. The zero-order valence-corrected chi connectivity index (χ0v) is 9.65. The third-order valence-corrected chi connectivity index (χ3v) is 3.40. The van der Waals surface area contributed by atoms with Gasteiger partial charge in [0.15, 0.2) is 0 Å². The smallest absolute Gasteiger partial charge is 0.113 e. The van der Waals surface area contributed by atoms with Crippen LogP contribution in [0.3, 0.4) is 0 Å². The molecule has 1 N–H and O–H groups in total. The van der Waals surface area contributed by atoms with Crippen LogP contribution < -0.4 is 0 Å². The average Bonchev–Trinajstić information content (AvgIpc) is 3.08. The van der Waals surface area contributed by atoms with E-state index in [0.29, 0.717) is 6.61 Å². The maximum absolute atomic E-state index is 9.67. The molecule has 0 amide bonds. The zero-order valence-electron chi connectivity index (χ0n) is 9.65. The second-order valence-corrected chi connectivity index (χ2v) is 4.53. The minimum absolute atomic E-state index is 0.172. The molecule has 2 rings (SSSR count). The molecule has 0 aromatic heterocycles. The first-order valence-electron chi connectivity index (χ1n) is 5.69. The predicted octanol–water partition coefficient (Wildman–Crippen LogP) is 2.88. The average molecular weight is 218 g/mol. The number of benzene rings is 1. The number of aliphatic hydroxyl groups is 1. The van der Waals surface area contributed by atoms with E-state index in [4.69, 9.17) is 4.74 Å². The molecule has 1 unspecified atom stereocenters. The fraction of sp³-hybridized carbons (Fsp3) is 0.429. The molecule has 86 valence electrons. The van der Waals surface area contributed by atoms with E-state index in [1.807, 2.05) is 37.3 Å². The second-order valence-electron chi connectivity index (χ2n) is 4.53. The van der Waals surface area contributed by atoms with Crippen LogP contribution in [0.1, 0.15) is 25.3 Å². The predicted molar refractivity (Wildman–Crippen MR) is 63.7 cm³/mol. The standard InChI is InChI=1S/C14H18O2/c1-11(15)14(8-9-14)12(2)16-10-13-6-4-3-5-7-13/h3-7,11,15H,2,8-10H2,1H3. The van der Waals surface area contributed by atoms with Crippen molar-refractivity contribution < 1.29 is 9.84 Å². The Bertz CT molecular complexity index is 364. The number of hydrogen-bond donors (Lipinski definition) is 1. The molecule has 1 aromatic rings. The van der Waals surface area contributed by atoms with Gasteiger partial charge in [-0.3, -0.25) is 0 Å². The van der Waals surface area contributed by atoms with Gasteiger partial charge in [0.05, 0.1) is 17.3 Å². The van der Waals surface area contributed by atoms with E-state index in [9.17, 15) is 5.11 Å². The van der Waals surface area contributed by atoms with Crippen LogP contribution in [0.2, 0.25) is 0 Å². The number of ether oxygens (including phenoxy) is 1. The third-order valence-electron chi connectivity index (χ3n) is 3.40. The van der Waals surface area contributed by atoms with Crippen molar-refractivity contribution in [3.8, 4) is 0 Å². The first-order chi connectivity index (χ1) is 7.65. The summed E-state index contributed by atoms with van der Waals surface area (Å²) in [5, 5.41) is 9.67. The lowest BCUT2D eigenvalue weighted by molar-refractivity contribution is 0.0708. The summed E-state index contributed by atoms with van der Waals surface area (Å²) >= 11 is 0. The molecule has 1 aliphatic rings. The van der Waals surface area contributed by atoms with E-state index < -0.39 is 0 Å². The molecule has 1 saturated carbocycles. The highest BCUT2D eigenvalue weighted by Gasteiger charge is 2.50. The van der Waals surface area contributed by atoms with Gasteiger partial charge in [-0.2, -0.15) is 0 Å². The van der Waals surface area contributed by atoms with Crippen LogP contribution >= 0.6 is 0 Å². The maximum Gasteiger partial charge on any atom is 0.113 e. The topological polar surface area (TPSA) is 29.5 Å². The maximum atomic E-state index is 9.67. The minimum atomic E-state index is -0.365. The first kappa shape index (κ1) is 11.2. The molecule has 1 aliphatic carbocycles.